The highest BCUT2D eigenvalue weighted by Gasteiger charge is 2.32. The zero-order valence-corrected chi connectivity index (χ0v) is 14.8. The van der Waals surface area contributed by atoms with Crippen LogP contribution in [-0.4, -0.2) is 16.5 Å². The Morgan fingerprint density at radius 3 is 2.37 bits per heavy atom. The number of amides is 1. The maximum atomic E-state index is 13.0. The van der Waals surface area contributed by atoms with Crippen LogP contribution in [0.15, 0.2) is 82.8 Å². The third-order valence-corrected chi connectivity index (χ3v) is 4.88. The first-order valence-electron chi connectivity index (χ1n) is 8.12. The molecule has 27 heavy (non-hydrogen) atoms. The summed E-state index contributed by atoms with van der Waals surface area (Å²) in [4.78, 5) is 24.4. The van der Waals surface area contributed by atoms with Gasteiger partial charge in [0.05, 0.1) is 16.2 Å². The van der Waals surface area contributed by atoms with Gasteiger partial charge < -0.3 is 0 Å². The Hall–Kier alpha value is -3.58. The Labute approximate surface area is 158 Å². The predicted octanol–water partition coefficient (Wildman–Crippen LogP) is 4.49. The Morgan fingerprint density at radius 2 is 1.74 bits per heavy atom. The number of carbonyl (C=O) groups excluding carboxylic acids is 1. The van der Waals surface area contributed by atoms with Crippen molar-refractivity contribution in [3.63, 3.8) is 0 Å². The molecule has 2 heterocycles. The van der Waals surface area contributed by atoms with Crippen molar-refractivity contribution in [2.75, 3.05) is 5.01 Å². The molecule has 2 aromatic carbocycles. The molecule has 0 N–H and O–H groups in total. The van der Waals surface area contributed by atoms with E-state index in [1.165, 1.54) is 40.6 Å². The van der Waals surface area contributed by atoms with E-state index in [2.05, 4.69) is 5.10 Å². The minimum atomic E-state index is -0.476. The maximum absolute atomic E-state index is 13.0. The molecule has 0 bridgehead atoms. The summed E-state index contributed by atoms with van der Waals surface area (Å²) < 4.78 is 0. The van der Waals surface area contributed by atoms with Gasteiger partial charge in [0.15, 0.2) is 0 Å². The fourth-order valence-corrected chi connectivity index (χ4v) is 3.42. The van der Waals surface area contributed by atoms with Crippen LogP contribution < -0.4 is 5.01 Å². The molecule has 6 nitrogen and oxygen atoms in total. The number of non-ortho nitro benzene ring substituents is 1. The van der Waals surface area contributed by atoms with Crippen molar-refractivity contribution in [2.24, 2.45) is 5.10 Å². The molecule has 1 aromatic heterocycles. The van der Waals surface area contributed by atoms with Gasteiger partial charge in [-0.05, 0) is 29.7 Å². The largest absolute Gasteiger partial charge is 0.281 e. The number of rotatable bonds is 4. The zero-order chi connectivity index (χ0) is 18.8. The Bertz CT molecular complexity index is 1060. The second kappa shape index (κ2) is 6.97. The van der Waals surface area contributed by atoms with Crippen LogP contribution in [0.1, 0.15) is 10.4 Å². The molecule has 0 fully saturated rings. The smallest absolute Gasteiger partial charge is 0.267 e. The molecule has 0 spiro atoms. The van der Waals surface area contributed by atoms with Gasteiger partial charge in [0, 0.05) is 22.6 Å². The number of anilines is 1. The normalized spacial score (nSPS) is 15.3. The zero-order valence-electron chi connectivity index (χ0n) is 14.0. The molecule has 1 amide bonds. The number of benzene rings is 2. The van der Waals surface area contributed by atoms with Crippen LogP contribution in [0.2, 0.25) is 0 Å². The summed E-state index contributed by atoms with van der Waals surface area (Å²) in [5, 5.41) is 18.6. The average Bonchev–Trinajstić information content (AvgIpc) is 3.32. The highest BCUT2D eigenvalue weighted by atomic mass is 32.1. The number of hydrogen-bond acceptors (Lipinski definition) is 5. The van der Waals surface area contributed by atoms with E-state index in [0.717, 1.165) is 10.4 Å². The van der Waals surface area contributed by atoms with Gasteiger partial charge in [-0.1, -0.05) is 36.4 Å². The fraction of sp³-hybridized carbons (Fsp3) is 0. The molecule has 0 unspecified atom stereocenters. The first-order valence-corrected chi connectivity index (χ1v) is 9.00. The lowest BCUT2D eigenvalue weighted by Crippen LogP contribution is -2.21. The van der Waals surface area contributed by atoms with E-state index in [9.17, 15) is 14.9 Å². The third kappa shape index (κ3) is 3.28. The average molecular weight is 375 g/mol. The van der Waals surface area contributed by atoms with Crippen LogP contribution in [-0.2, 0) is 4.79 Å². The first kappa shape index (κ1) is 16.9. The van der Waals surface area contributed by atoms with Gasteiger partial charge in [-0.15, -0.1) is 11.3 Å². The lowest BCUT2D eigenvalue weighted by molar-refractivity contribution is -0.384. The van der Waals surface area contributed by atoms with E-state index in [1.807, 2.05) is 53.9 Å². The summed E-state index contributed by atoms with van der Waals surface area (Å²) in [6.07, 6.45) is 1.82. The van der Waals surface area contributed by atoms with Crippen molar-refractivity contribution >= 4 is 40.4 Å². The van der Waals surface area contributed by atoms with Crippen molar-refractivity contribution in [3.8, 4) is 0 Å². The molecule has 0 aliphatic carbocycles. The fourth-order valence-electron chi connectivity index (χ4n) is 2.76. The number of nitro groups is 1. The van der Waals surface area contributed by atoms with Crippen molar-refractivity contribution < 1.29 is 9.72 Å². The summed E-state index contributed by atoms with van der Waals surface area (Å²) in [6, 6.07) is 19.1. The van der Waals surface area contributed by atoms with Crippen LogP contribution in [0.5, 0.6) is 0 Å². The molecule has 0 saturated carbocycles. The van der Waals surface area contributed by atoms with Gasteiger partial charge in [-0.25, -0.2) is 0 Å². The number of hydrazone groups is 1. The summed E-state index contributed by atoms with van der Waals surface area (Å²) in [5.74, 6) is -0.267. The minimum absolute atomic E-state index is 0.0352. The van der Waals surface area contributed by atoms with E-state index < -0.39 is 4.92 Å². The second-order valence-corrected chi connectivity index (χ2v) is 6.76. The number of carbonyl (C=O) groups is 1. The topological polar surface area (TPSA) is 75.8 Å². The second-order valence-electron chi connectivity index (χ2n) is 5.78. The maximum Gasteiger partial charge on any atom is 0.281 e. The SMILES string of the molecule is O=C1/C(=C/c2cccs2)C(c2ccccc2)=NN1c1ccc([N+](=O)[O-])cc1. The van der Waals surface area contributed by atoms with Gasteiger partial charge in [0.1, 0.15) is 5.71 Å². The molecule has 4 rings (SSSR count). The Balaban J connectivity index is 1.78. The summed E-state index contributed by atoms with van der Waals surface area (Å²) in [7, 11) is 0. The van der Waals surface area contributed by atoms with Gasteiger partial charge in [0.2, 0.25) is 0 Å². The molecular formula is C20H13N3O3S. The van der Waals surface area contributed by atoms with Crippen LogP contribution in [0.4, 0.5) is 11.4 Å². The standard InChI is InChI=1S/C20H13N3O3S/c24-20-18(13-17-7-4-12-27-17)19(14-5-2-1-3-6-14)21-22(20)15-8-10-16(11-9-15)23(25)26/h1-13H/b18-13+. The van der Waals surface area contributed by atoms with E-state index >= 15 is 0 Å². The predicted molar refractivity (Wildman–Crippen MR) is 106 cm³/mol. The molecule has 0 radical (unpaired) electrons. The van der Waals surface area contributed by atoms with Gasteiger partial charge in [0.25, 0.3) is 11.6 Å². The van der Waals surface area contributed by atoms with Crippen LogP contribution in [0.25, 0.3) is 6.08 Å². The van der Waals surface area contributed by atoms with E-state index in [4.69, 9.17) is 0 Å². The third-order valence-electron chi connectivity index (χ3n) is 4.06. The van der Waals surface area contributed by atoms with Crippen molar-refractivity contribution in [1.29, 1.82) is 0 Å². The van der Waals surface area contributed by atoms with E-state index in [0.29, 0.717) is 17.0 Å². The van der Waals surface area contributed by atoms with Crippen LogP contribution in [0, 0.1) is 10.1 Å². The van der Waals surface area contributed by atoms with E-state index in [-0.39, 0.29) is 11.6 Å². The minimum Gasteiger partial charge on any atom is -0.267 e. The summed E-state index contributed by atoms with van der Waals surface area (Å²) >= 11 is 1.53. The van der Waals surface area contributed by atoms with Crippen molar-refractivity contribution in [2.45, 2.75) is 0 Å². The van der Waals surface area contributed by atoms with E-state index in [1.54, 1.807) is 0 Å². The van der Waals surface area contributed by atoms with Gasteiger partial charge in [-0.2, -0.15) is 10.1 Å². The number of hydrogen-bond donors (Lipinski definition) is 0. The molecule has 1 aliphatic heterocycles. The lowest BCUT2D eigenvalue weighted by Gasteiger charge is -2.10. The first-order chi connectivity index (χ1) is 13.1. The Kier molecular flexibility index (Phi) is 4.35. The summed E-state index contributed by atoms with van der Waals surface area (Å²) in [5.41, 5.74) is 2.34. The molecule has 3 aromatic rings. The Morgan fingerprint density at radius 1 is 1.00 bits per heavy atom. The number of nitro benzene ring substituents is 1. The molecule has 132 valence electrons. The number of nitrogens with zero attached hydrogens (tertiary/aromatic N) is 3. The lowest BCUT2D eigenvalue weighted by atomic mass is 10.0. The number of thiophene rings is 1. The van der Waals surface area contributed by atoms with Crippen molar-refractivity contribution in [3.05, 3.63) is 98.2 Å². The summed E-state index contributed by atoms with van der Waals surface area (Å²) in [6.45, 7) is 0. The highest BCUT2D eigenvalue weighted by Crippen LogP contribution is 2.29. The molecule has 0 saturated heterocycles. The molecule has 1 aliphatic rings. The van der Waals surface area contributed by atoms with Gasteiger partial charge in [-0.3, -0.25) is 14.9 Å². The van der Waals surface area contributed by atoms with Gasteiger partial charge >= 0.3 is 0 Å². The molecule has 0 atom stereocenters. The highest BCUT2D eigenvalue weighted by molar-refractivity contribution is 7.10. The van der Waals surface area contributed by atoms with Crippen molar-refractivity contribution in [1.82, 2.24) is 0 Å². The molecule has 7 heteroatoms. The molecular weight excluding hydrogens is 362 g/mol. The van der Waals surface area contributed by atoms with Crippen LogP contribution >= 0.6 is 11.3 Å². The monoisotopic (exact) mass is 375 g/mol. The van der Waals surface area contributed by atoms with Crippen LogP contribution in [0.3, 0.4) is 0 Å². The quantitative estimate of drug-likeness (QED) is 0.383.